The molecule has 0 aliphatic carbocycles. The third-order valence-electron chi connectivity index (χ3n) is 3.36. The van der Waals surface area contributed by atoms with Gasteiger partial charge in [-0.15, -0.1) is 0 Å². The second-order valence-electron chi connectivity index (χ2n) is 5.03. The van der Waals surface area contributed by atoms with Gasteiger partial charge in [-0.1, -0.05) is 41.8 Å². The van der Waals surface area contributed by atoms with Gasteiger partial charge in [-0.3, -0.25) is 4.57 Å². The summed E-state index contributed by atoms with van der Waals surface area (Å²) in [4.78, 5) is 8.71. The Morgan fingerprint density at radius 1 is 1.30 bits per heavy atom. The predicted molar refractivity (Wildman–Crippen MR) is 92.7 cm³/mol. The number of alkyl halides is 2. The van der Waals surface area contributed by atoms with Crippen LogP contribution in [0.3, 0.4) is 0 Å². The van der Waals surface area contributed by atoms with E-state index >= 15 is 0 Å². The number of pyridine rings is 1. The van der Waals surface area contributed by atoms with E-state index in [9.17, 15) is 13.2 Å². The third kappa shape index (κ3) is 4.84. The standard InChI is InChI=1S/C18H10ClF3N3O.Y/c1-2-26-24-13-8-14-12(10-25(18(21)22)17(14)23-9-13)5-3-11-4-6-15(19)16(20)7-11;/h2,4,6-10,18H,1H2;/q-1;. The van der Waals surface area contributed by atoms with E-state index in [4.69, 9.17) is 16.4 Å². The molecule has 2 aromatic heterocycles. The maximum atomic E-state index is 13.5. The summed E-state index contributed by atoms with van der Waals surface area (Å²) in [5.41, 5.74) is 4.72. The molecule has 0 aliphatic heterocycles. The van der Waals surface area contributed by atoms with Gasteiger partial charge in [0.2, 0.25) is 0 Å². The summed E-state index contributed by atoms with van der Waals surface area (Å²) in [6, 6.07) is 5.58. The van der Waals surface area contributed by atoms with E-state index in [1.54, 1.807) is 0 Å². The van der Waals surface area contributed by atoms with Crippen molar-refractivity contribution in [3.8, 4) is 11.8 Å². The van der Waals surface area contributed by atoms with Gasteiger partial charge in [0.05, 0.1) is 16.8 Å². The normalized spacial score (nSPS) is 10.1. The van der Waals surface area contributed by atoms with Crippen LogP contribution in [-0.2, 0) is 37.5 Å². The molecule has 0 spiro atoms. The van der Waals surface area contributed by atoms with Gasteiger partial charge in [0.15, 0.2) is 0 Å². The van der Waals surface area contributed by atoms with Gasteiger partial charge in [-0.25, -0.2) is 9.37 Å². The Kier molecular flexibility index (Phi) is 7.31. The molecule has 0 bridgehead atoms. The molecule has 0 amide bonds. The van der Waals surface area contributed by atoms with Crippen LogP contribution in [0, 0.1) is 17.7 Å². The van der Waals surface area contributed by atoms with Crippen LogP contribution in [0.15, 0.2) is 49.5 Å². The molecule has 135 valence electrons. The molecule has 3 aromatic rings. The fourth-order valence-corrected chi connectivity index (χ4v) is 2.35. The van der Waals surface area contributed by atoms with Crippen molar-refractivity contribution >= 4 is 28.3 Å². The maximum absolute atomic E-state index is 13.5. The van der Waals surface area contributed by atoms with Crippen LogP contribution < -0.4 is 0 Å². The molecule has 3 rings (SSSR count). The van der Waals surface area contributed by atoms with Gasteiger partial charge in [0, 0.05) is 56.1 Å². The first-order valence-electron chi connectivity index (χ1n) is 7.23. The van der Waals surface area contributed by atoms with Crippen LogP contribution in [0.2, 0.25) is 5.02 Å². The number of hydrogen-bond acceptors (Lipinski definition) is 2. The Labute approximate surface area is 183 Å². The summed E-state index contributed by atoms with van der Waals surface area (Å²) in [5.74, 6) is 4.86. The Morgan fingerprint density at radius 2 is 2.07 bits per heavy atom. The SMILES string of the molecule is C=CO[N-]c1cnc2c(c1)c(C#Cc1ccc(Cl)c(F)c1)cn2C(F)F.[Y]. The zero-order valence-corrected chi connectivity index (χ0v) is 17.3. The fraction of sp³-hybridized carbons (Fsp3) is 0.0556. The Morgan fingerprint density at radius 3 is 2.74 bits per heavy atom. The molecular formula is C18H10ClF3N3OY-. The van der Waals surface area contributed by atoms with Crippen LogP contribution in [0.25, 0.3) is 16.5 Å². The first-order valence-corrected chi connectivity index (χ1v) is 7.61. The Bertz CT molecular complexity index is 1040. The summed E-state index contributed by atoms with van der Waals surface area (Å²) in [5, 5.41) is 0.337. The van der Waals surface area contributed by atoms with E-state index in [1.807, 2.05) is 0 Å². The van der Waals surface area contributed by atoms with Crippen molar-refractivity contribution in [3.05, 3.63) is 76.9 Å². The van der Waals surface area contributed by atoms with E-state index in [-0.39, 0.29) is 43.4 Å². The van der Waals surface area contributed by atoms with Crippen LogP contribution in [0.1, 0.15) is 17.7 Å². The van der Waals surface area contributed by atoms with E-state index in [0.717, 1.165) is 6.26 Å². The van der Waals surface area contributed by atoms with Crippen LogP contribution in [0.4, 0.5) is 18.9 Å². The van der Waals surface area contributed by atoms with Crippen molar-refractivity contribution in [2.45, 2.75) is 6.55 Å². The second kappa shape index (κ2) is 9.27. The molecule has 27 heavy (non-hydrogen) atoms. The average Bonchev–Trinajstić information content (AvgIpc) is 2.99. The first-order chi connectivity index (χ1) is 12.5. The van der Waals surface area contributed by atoms with Crippen molar-refractivity contribution in [1.29, 1.82) is 0 Å². The number of benzene rings is 1. The molecule has 2 heterocycles. The smallest absolute Gasteiger partial charge is 0.320 e. The van der Waals surface area contributed by atoms with Gasteiger partial charge >= 0.3 is 6.55 Å². The van der Waals surface area contributed by atoms with Crippen molar-refractivity contribution in [2.75, 3.05) is 0 Å². The molecule has 4 nitrogen and oxygen atoms in total. The van der Waals surface area contributed by atoms with Crippen molar-refractivity contribution in [2.24, 2.45) is 0 Å². The number of nitrogens with zero attached hydrogens (tertiary/aromatic N) is 3. The number of fused-ring (bicyclic) bond motifs is 1. The molecular weight excluding hydrogens is 456 g/mol. The van der Waals surface area contributed by atoms with Crippen molar-refractivity contribution in [3.63, 3.8) is 0 Å². The molecule has 0 saturated heterocycles. The third-order valence-corrected chi connectivity index (χ3v) is 3.67. The van der Waals surface area contributed by atoms with Crippen LogP contribution >= 0.6 is 11.6 Å². The van der Waals surface area contributed by atoms with E-state index in [2.05, 4.69) is 28.9 Å². The molecule has 0 atom stereocenters. The number of halogens is 4. The summed E-state index contributed by atoms with van der Waals surface area (Å²) < 4.78 is 40.6. The van der Waals surface area contributed by atoms with Crippen molar-refractivity contribution < 1.29 is 50.7 Å². The van der Waals surface area contributed by atoms with E-state index in [0.29, 0.717) is 26.8 Å². The Hall–Kier alpha value is -2.01. The van der Waals surface area contributed by atoms with Crippen molar-refractivity contribution in [1.82, 2.24) is 9.55 Å². The molecule has 0 N–H and O–H groups in total. The summed E-state index contributed by atoms with van der Waals surface area (Å²) in [6.45, 7) is 0.566. The summed E-state index contributed by atoms with van der Waals surface area (Å²) >= 11 is 5.63. The quantitative estimate of drug-likeness (QED) is 0.282. The second-order valence-corrected chi connectivity index (χ2v) is 5.44. The number of rotatable bonds is 4. The van der Waals surface area contributed by atoms with E-state index < -0.39 is 12.4 Å². The molecule has 9 heteroatoms. The van der Waals surface area contributed by atoms with Gasteiger partial charge in [0.1, 0.15) is 11.5 Å². The van der Waals surface area contributed by atoms with Gasteiger partial charge in [0.25, 0.3) is 0 Å². The van der Waals surface area contributed by atoms with Gasteiger partial charge in [-0.05, 0) is 18.2 Å². The van der Waals surface area contributed by atoms with E-state index in [1.165, 1.54) is 36.7 Å². The topological polar surface area (TPSA) is 41.1 Å². The van der Waals surface area contributed by atoms with Crippen LogP contribution in [0.5, 0.6) is 0 Å². The fourth-order valence-electron chi connectivity index (χ4n) is 2.23. The minimum absolute atomic E-state index is 0. The largest absolute Gasteiger partial charge is 0.563 e. The number of aromatic nitrogens is 2. The van der Waals surface area contributed by atoms with Crippen LogP contribution in [-0.4, -0.2) is 9.55 Å². The molecule has 0 fully saturated rings. The molecule has 0 aliphatic rings. The zero-order chi connectivity index (χ0) is 18.7. The Balaban J connectivity index is 0.00000261. The maximum Gasteiger partial charge on any atom is 0.320 e. The zero-order valence-electron chi connectivity index (χ0n) is 13.7. The average molecular weight is 466 g/mol. The predicted octanol–water partition coefficient (Wildman–Crippen LogP) is 5.70. The number of hydrogen-bond donors (Lipinski definition) is 0. The van der Waals surface area contributed by atoms with Gasteiger partial charge < -0.3 is 10.3 Å². The van der Waals surface area contributed by atoms with Gasteiger partial charge in [-0.2, -0.15) is 8.78 Å². The molecule has 0 unspecified atom stereocenters. The molecule has 1 radical (unpaired) electrons. The minimum Gasteiger partial charge on any atom is -0.563 e. The minimum atomic E-state index is -2.79. The monoisotopic (exact) mass is 465 g/mol. The molecule has 1 aromatic carbocycles. The summed E-state index contributed by atoms with van der Waals surface area (Å²) in [7, 11) is 0. The first kappa shape index (κ1) is 21.3. The molecule has 0 saturated carbocycles. The summed E-state index contributed by atoms with van der Waals surface area (Å²) in [6.07, 6.45) is 3.58.